The third-order valence-corrected chi connectivity index (χ3v) is 3.05. The average molecular weight is 263 g/mol. The molecule has 0 atom stereocenters. The van der Waals surface area contributed by atoms with Crippen molar-refractivity contribution in [3.8, 4) is 5.75 Å². The molecule has 1 aromatic carbocycles. The number of likely N-dealkylation sites (N-methyl/N-ethyl adjacent to an activating group) is 1. The van der Waals surface area contributed by atoms with Crippen LogP contribution in [0.3, 0.4) is 0 Å². The van der Waals surface area contributed by atoms with Gasteiger partial charge in [0.15, 0.2) is 6.61 Å². The minimum atomic E-state index is -0.0221. The molecular formula is C14H21N3O2. The summed E-state index contributed by atoms with van der Waals surface area (Å²) in [6.07, 6.45) is 0. The standard InChI is InChI=1S/C14H21N3O2/c1-10(2)15-6-7-16-11-4-5-13-12(8-11)17(3)14(18)9-19-13/h4-5,8,10,15-16H,6-7,9H2,1-3H3. The molecule has 5 nitrogen and oxygen atoms in total. The highest BCUT2D eigenvalue weighted by Gasteiger charge is 2.22. The number of carbonyl (C=O) groups excluding carboxylic acids is 1. The van der Waals surface area contributed by atoms with Crippen molar-refractivity contribution in [1.82, 2.24) is 5.32 Å². The van der Waals surface area contributed by atoms with Crippen LogP contribution in [0.4, 0.5) is 11.4 Å². The second-order valence-electron chi connectivity index (χ2n) is 4.96. The van der Waals surface area contributed by atoms with E-state index in [1.807, 2.05) is 18.2 Å². The number of hydrogen-bond acceptors (Lipinski definition) is 4. The van der Waals surface area contributed by atoms with Crippen LogP contribution in [0, 0.1) is 0 Å². The smallest absolute Gasteiger partial charge is 0.264 e. The van der Waals surface area contributed by atoms with Gasteiger partial charge in [0.25, 0.3) is 5.91 Å². The van der Waals surface area contributed by atoms with E-state index in [4.69, 9.17) is 4.74 Å². The van der Waals surface area contributed by atoms with Gasteiger partial charge in [-0.3, -0.25) is 4.79 Å². The van der Waals surface area contributed by atoms with Gasteiger partial charge in [-0.05, 0) is 18.2 Å². The highest BCUT2D eigenvalue weighted by molar-refractivity contribution is 5.97. The highest BCUT2D eigenvalue weighted by atomic mass is 16.5. The number of benzene rings is 1. The molecule has 0 bridgehead atoms. The first-order valence-electron chi connectivity index (χ1n) is 6.58. The first kappa shape index (κ1) is 13.7. The van der Waals surface area contributed by atoms with Crippen molar-refractivity contribution in [2.24, 2.45) is 0 Å². The Morgan fingerprint density at radius 1 is 1.37 bits per heavy atom. The molecule has 2 N–H and O–H groups in total. The number of carbonyl (C=O) groups is 1. The molecule has 1 heterocycles. The molecular weight excluding hydrogens is 242 g/mol. The summed E-state index contributed by atoms with van der Waals surface area (Å²) in [7, 11) is 1.77. The van der Waals surface area contributed by atoms with E-state index >= 15 is 0 Å². The summed E-state index contributed by atoms with van der Waals surface area (Å²) in [5, 5.41) is 6.67. The third-order valence-electron chi connectivity index (χ3n) is 3.05. The first-order valence-corrected chi connectivity index (χ1v) is 6.58. The van der Waals surface area contributed by atoms with Crippen LogP contribution in [-0.4, -0.2) is 38.7 Å². The van der Waals surface area contributed by atoms with Crippen LogP contribution >= 0.6 is 0 Å². The van der Waals surface area contributed by atoms with E-state index in [1.54, 1.807) is 11.9 Å². The van der Waals surface area contributed by atoms with Gasteiger partial charge in [-0.1, -0.05) is 13.8 Å². The molecule has 1 amide bonds. The van der Waals surface area contributed by atoms with Crippen LogP contribution in [0.15, 0.2) is 18.2 Å². The maximum Gasteiger partial charge on any atom is 0.264 e. The largest absolute Gasteiger partial charge is 0.482 e. The van der Waals surface area contributed by atoms with Gasteiger partial charge in [-0.2, -0.15) is 0 Å². The summed E-state index contributed by atoms with van der Waals surface area (Å²) < 4.78 is 5.39. The van der Waals surface area contributed by atoms with Gasteiger partial charge in [0.1, 0.15) is 5.75 Å². The molecule has 0 aliphatic carbocycles. The molecule has 19 heavy (non-hydrogen) atoms. The zero-order chi connectivity index (χ0) is 13.8. The van der Waals surface area contributed by atoms with Crippen LogP contribution < -0.4 is 20.3 Å². The van der Waals surface area contributed by atoms with Gasteiger partial charge in [-0.25, -0.2) is 0 Å². The molecule has 104 valence electrons. The Bertz CT molecular complexity index is 460. The van der Waals surface area contributed by atoms with E-state index in [0.717, 1.165) is 30.2 Å². The number of amides is 1. The lowest BCUT2D eigenvalue weighted by Gasteiger charge is -2.26. The monoisotopic (exact) mass is 263 g/mol. The van der Waals surface area contributed by atoms with Crippen molar-refractivity contribution in [2.75, 3.05) is 37.0 Å². The lowest BCUT2D eigenvalue weighted by atomic mass is 10.2. The summed E-state index contributed by atoms with van der Waals surface area (Å²) in [5.74, 6) is 0.735. The van der Waals surface area contributed by atoms with Crippen LogP contribution in [0.2, 0.25) is 0 Å². The summed E-state index contributed by atoms with van der Waals surface area (Å²) >= 11 is 0. The van der Waals surface area contributed by atoms with Crippen LogP contribution in [0.5, 0.6) is 5.75 Å². The lowest BCUT2D eigenvalue weighted by molar-refractivity contribution is -0.120. The summed E-state index contributed by atoms with van der Waals surface area (Å²) in [4.78, 5) is 13.2. The molecule has 0 saturated heterocycles. The maximum absolute atomic E-state index is 11.6. The Morgan fingerprint density at radius 2 is 2.16 bits per heavy atom. The number of nitrogens with zero attached hydrogens (tertiary/aromatic N) is 1. The first-order chi connectivity index (χ1) is 9.08. The molecule has 0 radical (unpaired) electrons. The number of hydrogen-bond donors (Lipinski definition) is 2. The van der Waals surface area contributed by atoms with E-state index < -0.39 is 0 Å². The van der Waals surface area contributed by atoms with Gasteiger partial charge in [0.2, 0.25) is 0 Å². The zero-order valence-electron chi connectivity index (χ0n) is 11.7. The fraction of sp³-hybridized carbons (Fsp3) is 0.500. The van der Waals surface area contributed by atoms with Crippen LogP contribution in [0.1, 0.15) is 13.8 Å². The fourth-order valence-electron chi connectivity index (χ4n) is 1.95. The molecule has 0 spiro atoms. The van der Waals surface area contributed by atoms with E-state index in [9.17, 15) is 4.79 Å². The quantitative estimate of drug-likeness (QED) is 0.790. The van der Waals surface area contributed by atoms with Crippen molar-refractivity contribution in [1.29, 1.82) is 0 Å². The molecule has 1 aliphatic rings. The molecule has 2 rings (SSSR count). The number of fused-ring (bicyclic) bond motifs is 1. The van der Waals surface area contributed by atoms with Gasteiger partial charge in [0, 0.05) is 31.9 Å². The van der Waals surface area contributed by atoms with Gasteiger partial charge < -0.3 is 20.3 Å². The van der Waals surface area contributed by atoms with E-state index in [-0.39, 0.29) is 12.5 Å². The fourth-order valence-corrected chi connectivity index (χ4v) is 1.95. The topological polar surface area (TPSA) is 53.6 Å². The predicted molar refractivity (Wildman–Crippen MR) is 77.0 cm³/mol. The second kappa shape index (κ2) is 5.93. The van der Waals surface area contributed by atoms with E-state index in [2.05, 4.69) is 24.5 Å². The molecule has 0 fully saturated rings. The third kappa shape index (κ3) is 3.38. The molecule has 0 saturated carbocycles. The van der Waals surface area contributed by atoms with E-state index in [1.165, 1.54) is 0 Å². The maximum atomic E-state index is 11.6. The molecule has 5 heteroatoms. The summed E-state index contributed by atoms with van der Waals surface area (Å²) in [6.45, 7) is 6.11. The molecule has 1 aliphatic heterocycles. The molecule has 0 unspecified atom stereocenters. The van der Waals surface area contributed by atoms with Crippen molar-refractivity contribution in [3.05, 3.63) is 18.2 Å². The predicted octanol–water partition coefficient (Wildman–Crippen LogP) is 1.45. The van der Waals surface area contributed by atoms with E-state index in [0.29, 0.717) is 6.04 Å². The average Bonchev–Trinajstić information content (AvgIpc) is 2.39. The number of nitrogens with one attached hydrogen (secondary N) is 2. The molecule has 0 aromatic heterocycles. The van der Waals surface area contributed by atoms with Crippen LogP contribution in [0.25, 0.3) is 0 Å². The highest BCUT2D eigenvalue weighted by Crippen LogP contribution is 2.33. The number of anilines is 2. The van der Waals surface area contributed by atoms with Gasteiger partial charge >= 0.3 is 0 Å². The Labute approximate surface area is 113 Å². The van der Waals surface area contributed by atoms with Crippen molar-refractivity contribution < 1.29 is 9.53 Å². The van der Waals surface area contributed by atoms with Gasteiger partial charge in [0.05, 0.1) is 5.69 Å². The number of ether oxygens (including phenoxy) is 1. The normalized spacial score (nSPS) is 14.3. The lowest BCUT2D eigenvalue weighted by Crippen LogP contribution is -2.35. The minimum absolute atomic E-state index is 0.0221. The van der Waals surface area contributed by atoms with Crippen molar-refractivity contribution in [2.45, 2.75) is 19.9 Å². The Balaban J connectivity index is 1.98. The Kier molecular flexibility index (Phi) is 4.27. The SMILES string of the molecule is CC(C)NCCNc1ccc2c(c1)N(C)C(=O)CO2. The summed E-state index contributed by atoms with van der Waals surface area (Å²) in [6, 6.07) is 6.30. The second-order valence-corrected chi connectivity index (χ2v) is 4.96. The Morgan fingerprint density at radius 3 is 2.89 bits per heavy atom. The minimum Gasteiger partial charge on any atom is -0.482 e. The summed E-state index contributed by atoms with van der Waals surface area (Å²) in [5.41, 5.74) is 1.81. The van der Waals surface area contributed by atoms with Crippen LogP contribution in [-0.2, 0) is 4.79 Å². The number of rotatable bonds is 5. The van der Waals surface area contributed by atoms with Crippen molar-refractivity contribution in [3.63, 3.8) is 0 Å². The molecule has 1 aromatic rings. The van der Waals surface area contributed by atoms with Crippen molar-refractivity contribution >= 4 is 17.3 Å². The Hall–Kier alpha value is -1.75. The zero-order valence-corrected chi connectivity index (χ0v) is 11.7. The van der Waals surface area contributed by atoms with Gasteiger partial charge in [-0.15, -0.1) is 0 Å².